The van der Waals surface area contributed by atoms with Crippen molar-refractivity contribution in [3.05, 3.63) is 35.1 Å². The summed E-state index contributed by atoms with van der Waals surface area (Å²) in [6.45, 7) is 1.65. The van der Waals surface area contributed by atoms with Gasteiger partial charge >= 0.3 is 0 Å². The average Bonchev–Trinajstić information content (AvgIpc) is 2.74. The number of benzene rings is 1. The van der Waals surface area contributed by atoms with Crippen molar-refractivity contribution in [3.8, 4) is 0 Å². The van der Waals surface area contributed by atoms with E-state index in [9.17, 15) is 17.6 Å². The Morgan fingerprint density at radius 2 is 1.87 bits per heavy atom. The molecule has 126 valence electrons. The van der Waals surface area contributed by atoms with Crippen molar-refractivity contribution in [2.45, 2.75) is 50.7 Å². The van der Waals surface area contributed by atoms with Gasteiger partial charge in [-0.1, -0.05) is 6.07 Å². The van der Waals surface area contributed by atoms with Crippen LogP contribution < -0.4 is 5.32 Å². The van der Waals surface area contributed by atoms with Crippen molar-refractivity contribution in [1.82, 2.24) is 9.62 Å². The number of nitrogens with zero attached hydrogens (tertiary/aromatic N) is 1. The second kappa shape index (κ2) is 5.87. The summed E-state index contributed by atoms with van der Waals surface area (Å²) in [6.07, 6.45) is 4.14. The van der Waals surface area contributed by atoms with Gasteiger partial charge < -0.3 is 5.32 Å². The molecule has 2 aliphatic rings. The van der Waals surface area contributed by atoms with Crippen LogP contribution in [-0.4, -0.2) is 43.0 Å². The summed E-state index contributed by atoms with van der Waals surface area (Å²) in [4.78, 5) is 12.3. The maximum atomic E-state index is 13.6. The van der Waals surface area contributed by atoms with E-state index in [1.165, 1.54) is 12.3 Å². The van der Waals surface area contributed by atoms with Gasteiger partial charge in [0.2, 0.25) is 10.0 Å². The van der Waals surface area contributed by atoms with E-state index in [0.717, 1.165) is 12.8 Å². The fraction of sp³-hybridized carbons (Fsp3) is 0.562. The lowest BCUT2D eigenvalue weighted by Crippen LogP contribution is -2.52. The first-order chi connectivity index (χ1) is 10.8. The Kier molecular flexibility index (Phi) is 4.18. The summed E-state index contributed by atoms with van der Waals surface area (Å²) in [5.41, 5.74) is 0.798. The molecule has 7 heteroatoms. The SMILES string of the molecule is Cc1ccc(C(=O)NC2C[C@H]3CC[C@@H](C2)N3S(C)(=O)=O)cc1F. The van der Waals surface area contributed by atoms with E-state index < -0.39 is 15.8 Å². The van der Waals surface area contributed by atoms with Crippen molar-refractivity contribution in [3.63, 3.8) is 0 Å². The molecule has 0 spiro atoms. The first-order valence-corrected chi connectivity index (χ1v) is 9.66. The number of nitrogens with one attached hydrogen (secondary N) is 1. The van der Waals surface area contributed by atoms with E-state index in [4.69, 9.17) is 0 Å². The standard InChI is InChI=1S/C16H21FN2O3S/c1-10-3-4-11(7-15(10)17)16(20)18-12-8-13-5-6-14(9-12)19(13)23(2,21)22/h3-4,7,12-14H,5-6,8-9H2,1-2H3,(H,18,20)/t12?,13-,14+. The van der Waals surface area contributed by atoms with Crippen LogP contribution in [-0.2, 0) is 10.0 Å². The molecule has 5 nitrogen and oxygen atoms in total. The number of rotatable bonds is 3. The number of hydrogen-bond donors (Lipinski definition) is 1. The van der Waals surface area contributed by atoms with Crippen LogP contribution in [0.1, 0.15) is 41.6 Å². The van der Waals surface area contributed by atoms with Crippen molar-refractivity contribution in [2.75, 3.05) is 6.26 Å². The molecule has 2 heterocycles. The van der Waals surface area contributed by atoms with Gasteiger partial charge in [0.05, 0.1) is 6.26 Å². The third kappa shape index (κ3) is 3.26. The third-order valence-electron chi connectivity index (χ3n) is 4.82. The van der Waals surface area contributed by atoms with Crippen LogP contribution in [0.5, 0.6) is 0 Å². The average molecular weight is 340 g/mol. The second-order valence-corrected chi connectivity index (χ2v) is 8.47. The van der Waals surface area contributed by atoms with E-state index in [-0.39, 0.29) is 24.0 Å². The molecular weight excluding hydrogens is 319 g/mol. The van der Waals surface area contributed by atoms with Crippen molar-refractivity contribution in [2.24, 2.45) is 0 Å². The monoisotopic (exact) mass is 340 g/mol. The zero-order chi connectivity index (χ0) is 16.8. The lowest BCUT2D eigenvalue weighted by Gasteiger charge is -2.37. The third-order valence-corrected chi connectivity index (χ3v) is 6.18. The first kappa shape index (κ1) is 16.4. The zero-order valence-corrected chi connectivity index (χ0v) is 14.1. The minimum atomic E-state index is -3.21. The van der Waals surface area contributed by atoms with Crippen LogP contribution in [0.3, 0.4) is 0 Å². The molecule has 1 amide bonds. The van der Waals surface area contributed by atoms with Crippen molar-refractivity contribution in [1.29, 1.82) is 0 Å². The summed E-state index contributed by atoms with van der Waals surface area (Å²) in [7, 11) is -3.21. The van der Waals surface area contributed by atoms with E-state index in [0.29, 0.717) is 24.0 Å². The highest BCUT2D eigenvalue weighted by Gasteiger charge is 2.45. The molecule has 0 saturated carbocycles. The molecule has 23 heavy (non-hydrogen) atoms. The minimum absolute atomic E-state index is 0.0381. The number of amides is 1. The van der Waals surface area contributed by atoms with Gasteiger partial charge in [-0.2, -0.15) is 4.31 Å². The van der Waals surface area contributed by atoms with Gasteiger partial charge in [0.1, 0.15) is 5.82 Å². The molecule has 2 saturated heterocycles. The van der Waals surface area contributed by atoms with E-state index in [1.807, 2.05) is 0 Å². The number of halogens is 1. The Bertz CT molecular complexity index is 721. The second-order valence-electron chi connectivity index (χ2n) is 6.58. The maximum absolute atomic E-state index is 13.6. The lowest BCUT2D eigenvalue weighted by atomic mass is 9.99. The summed E-state index contributed by atoms with van der Waals surface area (Å²) < 4.78 is 38.9. The smallest absolute Gasteiger partial charge is 0.251 e. The molecule has 0 radical (unpaired) electrons. The molecule has 1 N–H and O–H groups in total. The molecule has 2 bridgehead atoms. The number of carbonyl (C=O) groups excluding carboxylic acids is 1. The van der Waals surface area contributed by atoms with Gasteiger partial charge in [-0.3, -0.25) is 4.79 Å². The summed E-state index contributed by atoms with van der Waals surface area (Å²) in [5.74, 6) is -0.703. The van der Waals surface area contributed by atoms with Crippen LogP contribution >= 0.6 is 0 Å². The quantitative estimate of drug-likeness (QED) is 0.913. The zero-order valence-electron chi connectivity index (χ0n) is 13.3. The Morgan fingerprint density at radius 3 is 2.39 bits per heavy atom. The number of sulfonamides is 1. The number of hydrogen-bond acceptors (Lipinski definition) is 3. The summed E-state index contributed by atoms with van der Waals surface area (Å²) in [5, 5.41) is 2.93. The first-order valence-electron chi connectivity index (χ1n) is 7.81. The van der Waals surface area contributed by atoms with E-state index in [2.05, 4.69) is 5.32 Å². The van der Waals surface area contributed by atoms with E-state index >= 15 is 0 Å². The Labute approximate surface area is 135 Å². The van der Waals surface area contributed by atoms with Crippen LogP contribution in [0.2, 0.25) is 0 Å². The van der Waals surface area contributed by atoms with E-state index in [1.54, 1.807) is 23.4 Å². The molecule has 1 aromatic rings. The predicted octanol–water partition coefficient (Wildman–Crippen LogP) is 1.82. The Balaban J connectivity index is 1.69. The highest BCUT2D eigenvalue weighted by molar-refractivity contribution is 7.88. The van der Waals surface area contributed by atoms with Gasteiger partial charge in [-0.15, -0.1) is 0 Å². The van der Waals surface area contributed by atoms with Gasteiger partial charge in [0.15, 0.2) is 0 Å². The summed E-state index contributed by atoms with van der Waals surface area (Å²) >= 11 is 0. The minimum Gasteiger partial charge on any atom is -0.349 e. The highest BCUT2D eigenvalue weighted by Crippen LogP contribution is 2.37. The van der Waals surface area contributed by atoms with Gasteiger partial charge in [-0.05, 0) is 50.3 Å². The van der Waals surface area contributed by atoms with Crippen molar-refractivity contribution >= 4 is 15.9 Å². The fourth-order valence-corrected chi connectivity index (χ4v) is 5.26. The molecule has 0 aromatic heterocycles. The summed E-state index contributed by atoms with van der Waals surface area (Å²) in [6, 6.07) is 4.29. The molecule has 3 atom stereocenters. The van der Waals surface area contributed by atoms with Crippen molar-refractivity contribution < 1.29 is 17.6 Å². The fourth-order valence-electron chi connectivity index (χ4n) is 3.80. The van der Waals surface area contributed by atoms with Crippen LogP contribution in [0.4, 0.5) is 4.39 Å². The molecular formula is C16H21FN2O3S. The van der Waals surface area contributed by atoms with Crippen LogP contribution in [0, 0.1) is 12.7 Å². The molecule has 2 fully saturated rings. The lowest BCUT2D eigenvalue weighted by molar-refractivity contribution is 0.0909. The van der Waals surface area contributed by atoms with Gasteiger partial charge in [0.25, 0.3) is 5.91 Å². The number of carbonyl (C=O) groups is 1. The topological polar surface area (TPSA) is 66.5 Å². The highest BCUT2D eigenvalue weighted by atomic mass is 32.2. The number of aryl methyl sites for hydroxylation is 1. The molecule has 2 aliphatic heterocycles. The number of fused-ring (bicyclic) bond motifs is 2. The molecule has 1 unspecified atom stereocenters. The molecule has 3 rings (SSSR count). The predicted molar refractivity (Wildman–Crippen MR) is 85.1 cm³/mol. The molecule has 1 aromatic carbocycles. The van der Waals surface area contributed by atoms with Crippen LogP contribution in [0.25, 0.3) is 0 Å². The largest absolute Gasteiger partial charge is 0.349 e. The Hall–Kier alpha value is -1.47. The Morgan fingerprint density at radius 1 is 1.26 bits per heavy atom. The van der Waals surface area contributed by atoms with Crippen LogP contribution in [0.15, 0.2) is 18.2 Å². The van der Waals surface area contributed by atoms with Gasteiger partial charge in [0, 0.05) is 23.7 Å². The number of piperidine rings is 1. The van der Waals surface area contributed by atoms with Gasteiger partial charge in [-0.25, -0.2) is 12.8 Å². The molecule has 0 aliphatic carbocycles. The maximum Gasteiger partial charge on any atom is 0.251 e. The normalized spacial score (nSPS) is 27.9.